The minimum absolute atomic E-state index is 0.0120. The molecule has 1 amide bonds. The summed E-state index contributed by atoms with van der Waals surface area (Å²) in [4.78, 5) is 14.7. The van der Waals surface area contributed by atoms with Crippen LogP contribution < -0.4 is 5.32 Å². The SMILES string of the molecule is CNC(=O)Cc1cccnc1. The van der Waals surface area contributed by atoms with Gasteiger partial charge < -0.3 is 5.32 Å². The topological polar surface area (TPSA) is 42.0 Å². The number of pyridine rings is 1. The summed E-state index contributed by atoms with van der Waals surface area (Å²) in [5.74, 6) is 0.0120. The highest BCUT2D eigenvalue weighted by molar-refractivity contribution is 5.78. The molecule has 0 saturated carbocycles. The molecule has 1 rings (SSSR count). The number of carbonyl (C=O) groups excluding carboxylic acids is 1. The number of hydrogen-bond acceptors (Lipinski definition) is 2. The van der Waals surface area contributed by atoms with Gasteiger partial charge in [0.15, 0.2) is 0 Å². The number of carbonyl (C=O) groups is 1. The van der Waals surface area contributed by atoms with Gasteiger partial charge in [-0.25, -0.2) is 0 Å². The fourth-order valence-corrected chi connectivity index (χ4v) is 0.776. The lowest BCUT2D eigenvalue weighted by Crippen LogP contribution is -2.19. The second kappa shape index (κ2) is 3.71. The molecule has 0 spiro atoms. The number of hydrogen-bond donors (Lipinski definition) is 1. The van der Waals surface area contributed by atoms with Crippen molar-refractivity contribution in [3.8, 4) is 0 Å². The van der Waals surface area contributed by atoms with Gasteiger partial charge in [-0.1, -0.05) is 6.07 Å². The standard InChI is InChI=1S/C8H10N2O/c1-9-8(11)5-7-3-2-4-10-6-7/h2-4,6H,5H2,1H3,(H,9,11). The summed E-state index contributed by atoms with van der Waals surface area (Å²) in [6.45, 7) is 0. The molecular weight excluding hydrogens is 140 g/mol. The zero-order valence-electron chi connectivity index (χ0n) is 6.37. The number of nitrogens with zero attached hydrogens (tertiary/aromatic N) is 1. The molecule has 0 aromatic carbocycles. The molecule has 0 unspecified atom stereocenters. The van der Waals surface area contributed by atoms with E-state index < -0.39 is 0 Å². The first-order valence-electron chi connectivity index (χ1n) is 3.42. The molecule has 0 fully saturated rings. The zero-order valence-corrected chi connectivity index (χ0v) is 6.37. The summed E-state index contributed by atoms with van der Waals surface area (Å²) in [6, 6.07) is 3.69. The Kier molecular flexibility index (Phi) is 2.60. The van der Waals surface area contributed by atoms with E-state index in [1.54, 1.807) is 19.4 Å². The van der Waals surface area contributed by atoms with Crippen LogP contribution in [0.5, 0.6) is 0 Å². The van der Waals surface area contributed by atoms with Crippen molar-refractivity contribution in [3.63, 3.8) is 0 Å². The first-order chi connectivity index (χ1) is 5.33. The first kappa shape index (κ1) is 7.72. The molecule has 0 saturated heterocycles. The molecule has 0 aliphatic rings. The minimum atomic E-state index is 0.0120. The van der Waals surface area contributed by atoms with Gasteiger partial charge >= 0.3 is 0 Å². The van der Waals surface area contributed by atoms with E-state index in [0.717, 1.165) is 5.56 Å². The van der Waals surface area contributed by atoms with Crippen molar-refractivity contribution >= 4 is 5.91 Å². The lowest BCUT2D eigenvalue weighted by molar-refractivity contribution is -0.119. The van der Waals surface area contributed by atoms with Crippen molar-refractivity contribution in [2.24, 2.45) is 0 Å². The lowest BCUT2D eigenvalue weighted by atomic mass is 10.2. The van der Waals surface area contributed by atoms with Gasteiger partial charge in [0.2, 0.25) is 5.91 Å². The van der Waals surface area contributed by atoms with Gasteiger partial charge in [0.1, 0.15) is 0 Å². The molecule has 0 atom stereocenters. The van der Waals surface area contributed by atoms with Crippen LogP contribution in [0.1, 0.15) is 5.56 Å². The van der Waals surface area contributed by atoms with E-state index in [4.69, 9.17) is 0 Å². The number of aromatic nitrogens is 1. The molecule has 1 heterocycles. The van der Waals surface area contributed by atoms with Gasteiger partial charge in [-0.2, -0.15) is 0 Å². The first-order valence-corrected chi connectivity index (χ1v) is 3.42. The Hall–Kier alpha value is -1.38. The van der Waals surface area contributed by atoms with Gasteiger partial charge in [0.05, 0.1) is 6.42 Å². The van der Waals surface area contributed by atoms with E-state index in [9.17, 15) is 4.79 Å². The van der Waals surface area contributed by atoms with E-state index in [0.29, 0.717) is 6.42 Å². The summed E-state index contributed by atoms with van der Waals surface area (Å²) >= 11 is 0. The molecule has 1 N–H and O–H groups in total. The average Bonchev–Trinajstić information content (AvgIpc) is 2.06. The Bertz CT molecular complexity index is 233. The van der Waals surface area contributed by atoms with E-state index in [-0.39, 0.29) is 5.91 Å². The highest BCUT2D eigenvalue weighted by Crippen LogP contribution is 1.95. The molecule has 58 valence electrons. The van der Waals surface area contributed by atoms with Crippen molar-refractivity contribution in [1.82, 2.24) is 10.3 Å². The van der Waals surface area contributed by atoms with Crippen LogP contribution in [-0.4, -0.2) is 17.9 Å². The third-order valence-corrected chi connectivity index (χ3v) is 1.37. The Morgan fingerprint density at radius 2 is 2.55 bits per heavy atom. The number of rotatable bonds is 2. The van der Waals surface area contributed by atoms with Crippen LogP contribution in [0.3, 0.4) is 0 Å². The number of amides is 1. The van der Waals surface area contributed by atoms with E-state index >= 15 is 0 Å². The predicted octanol–water partition coefficient (Wildman–Crippen LogP) is 0.370. The molecule has 0 radical (unpaired) electrons. The zero-order chi connectivity index (χ0) is 8.10. The maximum Gasteiger partial charge on any atom is 0.224 e. The van der Waals surface area contributed by atoms with Crippen LogP contribution in [0.25, 0.3) is 0 Å². The van der Waals surface area contributed by atoms with Crippen molar-refractivity contribution < 1.29 is 4.79 Å². The van der Waals surface area contributed by atoms with Gasteiger partial charge in [0.25, 0.3) is 0 Å². The highest BCUT2D eigenvalue weighted by atomic mass is 16.1. The second-order valence-corrected chi connectivity index (χ2v) is 2.21. The summed E-state index contributed by atoms with van der Waals surface area (Å²) in [5.41, 5.74) is 0.937. The van der Waals surface area contributed by atoms with Crippen LogP contribution in [-0.2, 0) is 11.2 Å². The monoisotopic (exact) mass is 150 g/mol. The molecule has 3 nitrogen and oxygen atoms in total. The maximum atomic E-state index is 10.8. The summed E-state index contributed by atoms with van der Waals surface area (Å²) in [6.07, 6.45) is 3.78. The van der Waals surface area contributed by atoms with E-state index in [1.807, 2.05) is 12.1 Å². The van der Waals surface area contributed by atoms with Gasteiger partial charge in [-0.15, -0.1) is 0 Å². The van der Waals surface area contributed by atoms with E-state index in [1.165, 1.54) is 0 Å². The Morgan fingerprint density at radius 1 is 1.73 bits per heavy atom. The quantitative estimate of drug-likeness (QED) is 0.661. The largest absolute Gasteiger partial charge is 0.359 e. The van der Waals surface area contributed by atoms with Gasteiger partial charge in [-0.3, -0.25) is 9.78 Å². The molecule has 0 aliphatic heterocycles. The summed E-state index contributed by atoms with van der Waals surface area (Å²) < 4.78 is 0. The fraction of sp³-hybridized carbons (Fsp3) is 0.250. The lowest BCUT2D eigenvalue weighted by Gasteiger charge is -1.97. The maximum absolute atomic E-state index is 10.8. The van der Waals surface area contributed by atoms with Crippen LogP contribution >= 0.6 is 0 Å². The Balaban J connectivity index is 2.58. The van der Waals surface area contributed by atoms with Crippen LogP contribution in [0.15, 0.2) is 24.5 Å². The van der Waals surface area contributed by atoms with E-state index in [2.05, 4.69) is 10.3 Å². The molecule has 1 aromatic heterocycles. The third kappa shape index (κ3) is 2.37. The normalized spacial score (nSPS) is 9.18. The van der Waals surface area contributed by atoms with Crippen molar-refractivity contribution in [2.75, 3.05) is 7.05 Å². The van der Waals surface area contributed by atoms with Crippen LogP contribution in [0.2, 0.25) is 0 Å². The molecule has 1 aromatic rings. The number of nitrogens with one attached hydrogen (secondary N) is 1. The van der Waals surface area contributed by atoms with Crippen molar-refractivity contribution in [2.45, 2.75) is 6.42 Å². The fourth-order valence-electron chi connectivity index (χ4n) is 0.776. The Labute approximate surface area is 65.5 Å². The molecule has 0 bridgehead atoms. The minimum Gasteiger partial charge on any atom is -0.359 e. The Morgan fingerprint density at radius 3 is 3.09 bits per heavy atom. The summed E-state index contributed by atoms with van der Waals surface area (Å²) in [7, 11) is 1.62. The molecule has 0 aliphatic carbocycles. The number of likely N-dealkylation sites (N-methyl/N-ethyl adjacent to an activating group) is 1. The van der Waals surface area contributed by atoms with Crippen LogP contribution in [0.4, 0.5) is 0 Å². The smallest absolute Gasteiger partial charge is 0.224 e. The van der Waals surface area contributed by atoms with Gasteiger partial charge in [-0.05, 0) is 11.6 Å². The highest BCUT2D eigenvalue weighted by Gasteiger charge is 1.98. The van der Waals surface area contributed by atoms with Crippen molar-refractivity contribution in [3.05, 3.63) is 30.1 Å². The van der Waals surface area contributed by atoms with Gasteiger partial charge in [0, 0.05) is 19.4 Å². The predicted molar refractivity (Wildman–Crippen MR) is 42.0 cm³/mol. The molecule has 3 heteroatoms. The van der Waals surface area contributed by atoms with Crippen LogP contribution in [0, 0.1) is 0 Å². The molecule has 11 heavy (non-hydrogen) atoms. The second-order valence-electron chi connectivity index (χ2n) is 2.21. The van der Waals surface area contributed by atoms with Crippen molar-refractivity contribution in [1.29, 1.82) is 0 Å². The third-order valence-electron chi connectivity index (χ3n) is 1.37. The summed E-state index contributed by atoms with van der Waals surface area (Å²) in [5, 5.41) is 2.55. The average molecular weight is 150 g/mol. The molecular formula is C8H10N2O.